The third kappa shape index (κ3) is 2.02. The molecule has 0 spiro atoms. The molecule has 1 aromatic heterocycles. The summed E-state index contributed by atoms with van der Waals surface area (Å²) >= 11 is 0. The number of carbonyl (C=O) groups excluding carboxylic acids is 1. The van der Waals surface area contributed by atoms with Gasteiger partial charge in [-0.3, -0.25) is 4.90 Å². The molecule has 0 aromatic carbocycles. The monoisotopic (exact) mass is 194 g/mol. The molecule has 2 rings (SSSR count). The van der Waals surface area contributed by atoms with Crippen LogP contribution in [0, 0.1) is 0 Å². The Kier molecular flexibility index (Phi) is 2.96. The number of aldehydes is 1. The Morgan fingerprint density at radius 3 is 3.36 bits per heavy atom. The van der Waals surface area contributed by atoms with Gasteiger partial charge in [-0.2, -0.15) is 0 Å². The van der Waals surface area contributed by atoms with Crippen LogP contribution < -0.4 is 5.32 Å². The molecule has 0 radical (unpaired) electrons. The summed E-state index contributed by atoms with van der Waals surface area (Å²) in [6, 6.07) is 1.93. The number of nitrogens with zero attached hydrogens (tertiary/aromatic N) is 1. The van der Waals surface area contributed by atoms with Crippen molar-refractivity contribution in [1.82, 2.24) is 10.2 Å². The van der Waals surface area contributed by atoms with Gasteiger partial charge in [-0.15, -0.1) is 0 Å². The molecular formula is C10H14N2O2. The smallest absolute Gasteiger partial charge is 0.138 e. The quantitative estimate of drug-likeness (QED) is 0.701. The van der Waals surface area contributed by atoms with Crippen LogP contribution in [-0.4, -0.2) is 36.9 Å². The highest BCUT2D eigenvalue weighted by atomic mass is 16.3. The van der Waals surface area contributed by atoms with Crippen LogP contribution in [-0.2, 0) is 11.3 Å². The number of carbonyl (C=O) groups is 1. The molecule has 0 bridgehead atoms. The summed E-state index contributed by atoms with van der Waals surface area (Å²) in [4.78, 5) is 13.0. The van der Waals surface area contributed by atoms with Gasteiger partial charge in [0.15, 0.2) is 0 Å². The summed E-state index contributed by atoms with van der Waals surface area (Å²) in [5.74, 6) is 0. The average Bonchev–Trinajstić information content (AvgIpc) is 2.71. The topological polar surface area (TPSA) is 45.5 Å². The Balaban J connectivity index is 1.98. The first-order chi connectivity index (χ1) is 6.90. The zero-order chi connectivity index (χ0) is 9.80. The van der Waals surface area contributed by atoms with Gasteiger partial charge in [0, 0.05) is 31.7 Å². The number of hydrogen-bond acceptors (Lipinski definition) is 4. The van der Waals surface area contributed by atoms with E-state index in [1.54, 1.807) is 12.5 Å². The van der Waals surface area contributed by atoms with Gasteiger partial charge in [0.05, 0.1) is 18.6 Å². The van der Waals surface area contributed by atoms with E-state index in [2.05, 4.69) is 10.2 Å². The van der Waals surface area contributed by atoms with Gasteiger partial charge in [-0.05, 0) is 6.07 Å². The molecule has 1 aliphatic heterocycles. The van der Waals surface area contributed by atoms with Crippen LogP contribution in [0.5, 0.6) is 0 Å². The van der Waals surface area contributed by atoms with Gasteiger partial charge in [0.1, 0.15) is 6.29 Å². The molecule has 1 aromatic rings. The molecule has 0 saturated carbocycles. The van der Waals surface area contributed by atoms with E-state index in [-0.39, 0.29) is 6.04 Å². The minimum absolute atomic E-state index is 0.00125. The van der Waals surface area contributed by atoms with Gasteiger partial charge < -0.3 is 14.5 Å². The van der Waals surface area contributed by atoms with Crippen molar-refractivity contribution in [1.29, 1.82) is 0 Å². The van der Waals surface area contributed by atoms with E-state index in [4.69, 9.17) is 4.42 Å². The fraction of sp³-hybridized carbons (Fsp3) is 0.500. The second kappa shape index (κ2) is 4.39. The number of rotatable bonds is 3. The number of furan rings is 1. The van der Waals surface area contributed by atoms with Crippen LogP contribution in [0.1, 0.15) is 5.56 Å². The van der Waals surface area contributed by atoms with Gasteiger partial charge in [-0.1, -0.05) is 0 Å². The predicted octanol–water partition coefficient (Wildman–Crippen LogP) is 0.252. The summed E-state index contributed by atoms with van der Waals surface area (Å²) in [6.45, 7) is 3.40. The molecule has 0 aliphatic carbocycles. The number of piperazine rings is 1. The standard InChI is InChI=1S/C10H14N2O2/c13-7-10-5-11-2-3-12(10)6-9-1-4-14-8-9/h1,4,7-8,10-11H,2-3,5-6H2. The van der Waals surface area contributed by atoms with Crippen molar-refractivity contribution in [3.8, 4) is 0 Å². The first kappa shape index (κ1) is 9.43. The second-order valence-corrected chi connectivity index (χ2v) is 3.51. The van der Waals surface area contributed by atoms with E-state index in [1.165, 1.54) is 0 Å². The molecular weight excluding hydrogens is 180 g/mol. The average molecular weight is 194 g/mol. The molecule has 0 amide bonds. The SMILES string of the molecule is O=CC1CNCCN1Cc1ccoc1. The van der Waals surface area contributed by atoms with Crippen molar-refractivity contribution < 1.29 is 9.21 Å². The highest BCUT2D eigenvalue weighted by Crippen LogP contribution is 2.09. The van der Waals surface area contributed by atoms with E-state index in [9.17, 15) is 4.79 Å². The molecule has 14 heavy (non-hydrogen) atoms. The molecule has 1 unspecified atom stereocenters. The fourth-order valence-electron chi connectivity index (χ4n) is 1.72. The molecule has 2 heterocycles. The van der Waals surface area contributed by atoms with Crippen molar-refractivity contribution in [2.75, 3.05) is 19.6 Å². The molecule has 1 atom stereocenters. The van der Waals surface area contributed by atoms with E-state index in [0.717, 1.165) is 38.0 Å². The summed E-state index contributed by atoms with van der Waals surface area (Å²) in [6.07, 6.45) is 4.39. The second-order valence-electron chi connectivity index (χ2n) is 3.51. The third-order valence-corrected chi connectivity index (χ3v) is 2.52. The van der Waals surface area contributed by atoms with Crippen LogP contribution in [0.3, 0.4) is 0 Å². The predicted molar refractivity (Wildman–Crippen MR) is 51.8 cm³/mol. The van der Waals surface area contributed by atoms with Crippen LogP contribution >= 0.6 is 0 Å². The molecule has 4 nitrogen and oxygen atoms in total. The van der Waals surface area contributed by atoms with E-state index < -0.39 is 0 Å². The summed E-state index contributed by atoms with van der Waals surface area (Å²) in [7, 11) is 0. The number of nitrogens with one attached hydrogen (secondary N) is 1. The first-order valence-electron chi connectivity index (χ1n) is 4.81. The van der Waals surface area contributed by atoms with Crippen LogP contribution in [0.15, 0.2) is 23.0 Å². The van der Waals surface area contributed by atoms with Crippen molar-refractivity contribution in [2.24, 2.45) is 0 Å². The molecule has 1 saturated heterocycles. The lowest BCUT2D eigenvalue weighted by Gasteiger charge is -2.32. The van der Waals surface area contributed by atoms with Gasteiger partial charge in [0.2, 0.25) is 0 Å². The highest BCUT2D eigenvalue weighted by molar-refractivity contribution is 5.58. The van der Waals surface area contributed by atoms with Gasteiger partial charge >= 0.3 is 0 Å². The van der Waals surface area contributed by atoms with Crippen molar-refractivity contribution in [2.45, 2.75) is 12.6 Å². The van der Waals surface area contributed by atoms with Crippen LogP contribution in [0.2, 0.25) is 0 Å². The van der Waals surface area contributed by atoms with Gasteiger partial charge in [0.25, 0.3) is 0 Å². The van der Waals surface area contributed by atoms with Crippen molar-refractivity contribution in [3.63, 3.8) is 0 Å². The number of hydrogen-bond donors (Lipinski definition) is 1. The molecule has 76 valence electrons. The fourth-order valence-corrected chi connectivity index (χ4v) is 1.72. The van der Waals surface area contributed by atoms with E-state index >= 15 is 0 Å². The third-order valence-electron chi connectivity index (χ3n) is 2.52. The molecule has 1 fully saturated rings. The van der Waals surface area contributed by atoms with E-state index in [1.807, 2.05) is 6.07 Å². The van der Waals surface area contributed by atoms with Crippen LogP contribution in [0.4, 0.5) is 0 Å². The maximum absolute atomic E-state index is 10.8. The minimum atomic E-state index is -0.00125. The Morgan fingerprint density at radius 1 is 1.71 bits per heavy atom. The largest absolute Gasteiger partial charge is 0.472 e. The van der Waals surface area contributed by atoms with Crippen LogP contribution in [0.25, 0.3) is 0 Å². The normalized spacial score (nSPS) is 23.6. The Bertz CT molecular complexity index is 284. The Hall–Kier alpha value is -1.13. The van der Waals surface area contributed by atoms with Crippen molar-refractivity contribution in [3.05, 3.63) is 24.2 Å². The lowest BCUT2D eigenvalue weighted by atomic mass is 10.2. The molecule has 4 heteroatoms. The molecule has 1 aliphatic rings. The maximum atomic E-state index is 10.8. The first-order valence-corrected chi connectivity index (χ1v) is 4.81. The Morgan fingerprint density at radius 2 is 2.64 bits per heavy atom. The summed E-state index contributed by atoms with van der Waals surface area (Å²) < 4.78 is 4.99. The van der Waals surface area contributed by atoms with E-state index in [0.29, 0.717) is 0 Å². The highest BCUT2D eigenvalue weighted by Gasteiger charge is 2.21. The zero-order valence-corrected chi connectivity index (χ0v) is 7.98. The zero-order valence-electron chi connectivity index (χ0n) is 7.98. The van der Waals surface area contributed by atoms with Gasteiger partial charge in [-0.25, -0.2) is 0 Å². The summed E-state index contributed by atoms with van der Waals surface area (Å²) in [5.41, 5.74) is 1.12. The minimum Gasteiger partial charge on any atom is -0.472 e. The van der Waals surface area contributed by atoms with Crippen molar-refractivity contribution >= 4 is 6.29 Å². The maximum Gasteiger partial charge on any atom is 0.138 e. The Labute approximate surface area is 82.9 Å². The molecule has 1 N–H and O–H groups in total. The lowest BCUT2D eigenvalue weighted by molar-refractivity contribution is -0.113. The summed E-state index contributed by atoms with van der Waals surface area (Å²) in [5, 5.41) is 3.20. The lowest BCUT2D eigenvalue weighted by Crippen LogP contribution is -2.51.